The molecule has 0 aromatic carbocycles. The van der Waals surface area contributed by atoms with E-state index in [-0.39, 0.29) is 11.5 Å². The third-order valence-corrected chi connectivity index (χ3v) is 3.99. The van der Waals surface area contributed by atoms with Gasteiger partial charge in [-0.05, 0) is 33.2 Å². The Hall–Kier alpha value is -0.610. The minimum Gasteiger partial charge on any atom is -0.469 e. The average molecular weight is 226 g/mol. The van der Waals surface area contributed by atoms with Gasteiger partial charge in [-0.3, -0.25) is 9.69 Å². The quantitative estimate of drug-likeness (QED) is 0.719. The topological polar surface area (TPSA) is 41.6 Å². The van der Waals surface area contributed by atoms with Gasteiger partial charge in [0.2, 0.25) is 0 Å². The van der Waals surface area contributed by atoms with E-state index >= 15 is 0 Å². The van der Waals surface area contributed by atoms with Crippen LogP contribution in [0.1, 0.15) is 32.6 Å². The van der Waals surface area contributed by atoms with Crippen molar-refractivity contribution in [2.24, 2.45) is 0 Å². The van der Waals surface area contributed by atoms with Crippen LogP contribution in [0, 0.1) is 0 Å². The maximum absolute atomic E-state index is 11.4. The van der Waals surface area contributed by atoms with Crippen LogP contribution in [-0.2, 0) is 9.53 Å². The zero-order valence-corrected chi connectivity index (χ0v) is 10.5. The van der Waals surface area contributed by atoms with Crippen LogP contribution in [0.3, 0.4) is 0 Å². The van der Waals surface area contributed by atoms with Gasteiger partial charge in [0, 0.05) is 24.2 Å². The molecular weight excluding hydrogens is 204 g/mol. The van der Waals surface area contributed by atoms with Crippen LogP contribution in [0.25, 0.3) is 0 Å². The maximum Gasteiger partial charge on any atom is 0.307 e. The van der Waals surface area contributed by atoms with E-state index in [2.05, 4.69) is 17.1 Å². The molecule has 1 heterocycles. The predicted octanol–water partition coefficient (Wildman–Crippen LogP) is 0.764. The fourth-order valence-electron chi connectivity index (χ4n) is 2.89. The number of methoxy groups -OCH3 is 1. The Morgan fingerprint density at radius 3 is 2.75 bits per heavy atom. The second-order valence-corrected chi connectivity index (χ2v) is 5.24. The molecule has 4 nitrogen and oxygen atoms in total. The molecule has 0 bridgehead atoms. The molecule has 1 N–H and O–H groups in total. The standard InChI is InChI=1S/C12H22N2O2/c1-9-6-12(13-2,7-11(15)16-3)8-14(9)10-4-5-10/h9-10,13H,4-8H2,1-3H3. The summed E-state index contributed by atoms with van der Waals surface area (Å²) < 4.78 is 4.79. The highest BCUT2D eigenvalue weighted by Gasteiger charge is 2.47. The van der Waals surface area contributed by atoms with E-state index in [0.29, 0.717) is 12.5 Å². The molecular formula is C12H22N2O2. The normalized spacial score (nSPS) is 35.3. The maximum atomic E-state index is 11.4. The molecule has 1 saturated heterocycles. The molecule has 2 aliphatic rings. The second kappa shape index (κ2) is 4.34. The fraction of sp³-hybridized carbons (Fsp3) is 0.917. The summed E-state index contributed by atoms with van der Waals surface area (Å²) in [5, 5.41) is 3.34. The summed E-state index contributed by atoms with van der Waals surface area (Å²) in [6, 6.07) is 1.34. The van der Waals surface area contributed by atoms with E-state index in [0.717, 1.165) is 19.0 Å². The molecule has 1 aliphatic heterocycles. The molecule has 2 fully saturated rings. The number of likely N-dealkylation sites (tertiary alicyclic amines) is 1. The number of nitrogens with zero attached hydrogens (tertiary/aromatic N) is 1. The van der Waals surface area contributed by atoms with Crippen LogP contribution < -0.4 is 5.32 Å². The first-order chi connectivity index (χ1) is 7.60. The van der Waals surface area contributed by atoms with E-state index in [1.54, 1.807) is 0 Å². The Kier molecular flexibility index (Phi) is 3.22. The van der Waals surface area contributed by atoms with Gasteiger partial charge in [-0.2, -0.15) is 0 Å². The second-order valence-electron chi connectivity index (χ2n) is 5.24. The lowest BCUT2D eigenvalue weighted by Gasteiger charge is -2.27. The van der Waals surface area contributed by atoms with Crippen molar-refractivity contribution in [2.75, 3.05) is 20.7 Å². The number of carbonyl (C=O) groups is 1. The highest BCUT2D eigenvalue weighted by molar-refractivity contribution is 5.71. The average Bonchev–Trinajstić information content (AvgIpc) is 3.05. The number of carbonyl (C=O) groups excluding carboxylic acids is 1. The summed E-state index contributed by atoms with van der Waals surface area (Å²) in [6.45, 7) is 3.24. The number of nitrogens with one attached hydrogen (secondary N) is 1. The first-order valence-electron chi connectivity index (χ1n) is 6.12. The van der Waals surface area contributed by atoms with Crippen molar-refractivity contribution in [3.8, 4) is 0 Å². The zero-order valence-electron chi connectivity index (χ0n) is 10.5. The highest BCUT2D eigenvalue weighted by atomic mass is 16.5. The van der Waals surface area contributed by atoms with Gasteiger partial charge < -0.3 is 10.1 Å². The Bertz CT molecular complexity index is 278. The first kappa shape index (κ1) is 11.9. The zero-order chi connectivity index (χ0) is 11.8. The summed E-state index contributed by atoms with van der Waals surface area (Å²) in [5.74, 6) is -0.112. The minimum absolute atomic E-state index is 0.0743. The van der Waals surface area contributed by atoms with E-state index in [1.807, 2.05) is 7.05 Å². The summed E-state index contributed by atoms with van der Waals surface area (Å²) in [6.07, 6.45) is 4.16. The van der Waals surface area contributed by atoms with Gasteiger partial charge in [0.05, 0.1) is 13.5 Å². The molecule has 1 aliphatic carbocycles. The van der Waals surface area contributed by atoms with Crippen molar-refractivity contribution in [3.05, 3.63) is 0 Å². The van der Waals surface area contributed by atoms with Crippen molar-refractivity contribution >= 4 is 5.97 Å². The molecule has 2 rings (SSSR count). The van der Waals surface area contributed by atoms with Gasteiger partial charge >= 0.3 is 5.97 Å². The van der Waals surface area contributed by atoms with Crippen LogP contribution in [0.2, 0.25) is 0 Å². The van der Waals surface area contributed by atoms with Crippen LogP contribution >= 0.6 is 0 Å². The van der Waals surface area contributed by atoms with Crippen LogP contribution in [0.5, 0.6) is 0 Å². The molecule has 2 atom stereocenters. The number of esters is 1. The Morgan fingerprint density at radius 1 is 1.56 bits per heavy atom. The van der Waals surface area contributed by atoms with E-state index in [4.69, 9.17) is 4.74 Å². The fourth-order valence-corrected chi connectivity index (χ4v) is 2.89. The number of likely N-dealkylation sites (N-methyl/N-ethyl adjacent to an activating group) is 1. The van der Waals surface area contributed by atoms with Gasteiger partial charge in [-0.1, -0.05) is 0 Å². The predicted molar refractivity (Wildman–Crippen MR) is 62.2 cm³/mol. The van der Waals surface area contributed by atoms with Gasteiger partial charge in [0.1, 0.15) is 0 Å². The van der Waals surface area contributed by atoms with Crippen molar-refractivity contribution in [2.45, 2.75) is 50.2 Å². The third kappa shape index (κ3) is 2.23. The van der Waals surface area contributed by atoms with Crippen molar-refractivity contribution in [1.82, 2.24) is 10.2 Å². The number of hydrogen-bond acceptors (Lipinski definition) is 4. The summed E-state index contributed by atoms with van der Waals surface area (Å²) in [7, 11) is 3.41. The van der Waals surface area contributed by atoms with Gasteiger partial charge in [0.25, 0.3) is 0 Å². The van der Waals surface area contributed by atoms with Gasteiger partial charge in [-0.15, -0.1) is 0 Å². The Morgan fingerprint density at radius 2 is 2.25 bits per heavy atom. The molecule has 1 saturated carbocycles. The molecule has 4 heteroatoms. The van der Waals surface area contributed by atoms with Crippen molar-refractivity contribution in [3.63, 3.8) is 0 Å². The van der Waals surface area contributed by atoms with Crippen molar-refractivity contribution < 1.29 is 9.53 Å². The first-order valence-corrected chi connectivity index (χ1v) is 6.12. The Labute approximate surface area is 97.3 Å². The van der Waals surface area contributed by atoms with E-state index < -0.39 is 0 Å². The number of rotatable bonds is 4. The third-order valence-electron chi connectivity index (χ3n) is 3.99. The molecule has 0 amide bonds. The van der Waals surface area contributed by atoms with Crippen LogP contribution in [-0.4, -0.2) is 49.2 Å². The van der Waals surface area contributed by atoms with Gasteiger partial charge in [-0.25, -0.2) is 0 Å². The van der Waals surface area contributed by atoms with Crippen LogP contribution in [0.4, 0.5) is 0 Å². The lowest BCUT2D eigenvalue weighted by molar-refractivity contribution is -0.142. The summed E-state index contributed by atoms with van der Waals surface area (Å²) >= 11 is 0. The number of ether oxygens (including phenoxy) is 1. The van der Waals surface area contributed by atoms with Gasteiger partial charge in [0.15, 0.2) is 0 Å². The summed E-state index contributed by atoms with van der Waals surface area (Å²) in [4.78, 5) is 14.0. The summed E-state index contributed by atoms with van der Waals surface area (Å²) in [5.41, 5.74) is -0.0743. The molecule has 0 aromatic rings. The minimum atomic E-state index is -0.112. The molecule has 0 spiro atoms. The highest BCUT2D eigenvalue weighted by Crippen LogP contribution is 2.38. The van der Waals surface area contributed by atoms with Crippen molar-refractivity contribution in [1.29, 1.82) is 0 Å². The monoisotopic (exact) mass is 226 g/mol. The molecule has 0 aromatic heterocycles. The molecule has 2 unspecified atom stereocenters. The Balaban J connectivity index is 2.02. The van der Waals surface area contributed by atoms with E-state index in [9.17, 15) is 4.79 Å². The SMILES string of the molecule is CNC1(CC(=O)OC)CC(C)N(C2CC2)C1. The van der Waals surface area contributed by atoms with E-state index in [1.165, 1.54) is 20.0 Å². The van der Waals surface area contributed by atoms with Crippen LogP contribution in [0.15, 0.2) is 0 Å². The number of hydrogen-bond donors (Lipinski definition) is 1. The lowest BCUT2D eigenvalue weighted by Crippen LogP contribution is -2.47. The largest absolute Gasteiger partial charge is 0.469 e. The molecule has 92 valence electrons. The lowest BCUT2D eigenvalue weighted by atomic mass is 9.92. The molecule has 16 heavy (non-hydrogen) atoms. The molecule has 0 radical (unpaired) electrons. The smallest absolute Gasteiger partial charge is 0.307 e.